The van der Waals surface area contributed by atoms with Gasteiger partial charge in [0.1, 0.15) is 6.61 Å². The second kappa shape index (κ2) is 13.9. The number of carbonyl (C=O) groups excluding carboxylic acids is 2. The Balaban J connectivity index is 1.75. The van der Waals surface area contributed by atoms with E-state index in [1.54, 1.807) is 0 Å². The molecule has 0 saturated carbocycles. The van der Waals surface area contributed by atoms with E-state index in [0.717, 1.165) is 0 Å². The highest BCUT2D eigenvalue weighted by molar-refractivity contribution is 6.01. The molecule has 0 radical (unpaired) electrons. The van der Waals surface area contributed by atoms with Crippen molar-refractivity contribution in [3.63, 3.8) is 0 Å². The molecule has 8 nitrogen and oxygen atoms in total. The quantitative estimate of drug-likeness (QED) is 0.227. The molecule has 0 spiro atoms. The van der Waals surface area contributed by atoms with Gasteiger partial charge in [-0.2, -0.15) is 0 Å². The van der Waals surface area contributed by atoms with Gasteiger partial charge in [-0.3, -0.25) is 14.5 Å². The zero-order valence-corrected chi connectivity index (χ0v) is 14.1. The fourth-order valence-electron chi connectivity index (χ4n) is 1.98. The highest BCUT2D eigenvalue weighted by Gasteiger charge is 2.27. The summed E-state index contributed by atoms with van der Waals surface area (Å²) in [6.07, 6.45) is 2.01. The summed E-state index contributed by atoms with van der Waals surface area (Å²) < 4.78 is 26.2. The standard InChI is InChI=1S/C16H27NO7/c1-2-20-7-8-22-11-12-24-14-13-23-10-9-21-6-5-17-15(18)3-4-16(17)19/h2H,1,3-14H2. The van der Waals surface area contributed by atoms with Gasteiger partial charge in [-0.15, -0.1) is 0 Å². The normalized spacial score (nSPS) is 14.4. The van der Waals surface area contributed by atoms with Gasteiger partial charge in [0.25, 0.3) is 0 Å². The summed E-state index contributed by atoms with van der Waals surface area (Å²) in [5.41, 5.74) is 0. The van der Waals surface area contributed by atoms with Crippen LogP contribution in [0.15, 0.2) is 12.8 Å². The zero-order chi connectivity index (χ0) is 17.5. The van der Waals surface area contributed by atoms with Crippen molar-refractivity contribution in [1.82, 2.24) is 4.90 Å². The molecule has 1 fully saturated rings. The summed E-state index contributed by atoms with van der Waals surface area (Å²) >= 11 is 0. The van der Waals surface area contributed by atoms with Crippen molar-refractivity contribution in [1.29, 1.82) is 0 Å². The molecule has 0 bridgehead atoms. The lowest BCUT2D eigenvalue weighted by molar-refractivity contribution is -0.139. The van der Waals surface area contributed by atoms with Gasteiger partial charge >= 0.3 is 0 Å². The van der Waals surface area contributed by atoms with Crippen LogP contribution in [-0.2, 0) is 33.3 Å². The molecule has 0 aromatic rings. The molecular weight excluding hydrogens is 318 g/mol. The second-order valence-electron chi connectivity index (χ2n) is 4.93. The molecule has 24 heavy (non-hydrogen) atoms. The van der Waals surface area contributed by atoms with Gasteiger partial charge in [-0.05, 0) is 0 Å². The number of rotatable bonds is 16. The fourth-order valence-corrected chi connectivity index (χ4v) is 1.98. The molecule has 0 N–H and O–H groups in total. The van der Waals surface area contributed by atoms with Crippen molar-refractivity contribution in [3.05, 3.63) is 12.8 Å². The van der Waals surface area contributed by atoms with Crippen LogP contribution in [0.2, 0.25) is 0 Å². The number of ether oxygens (including phenoxy) is 5. The lowest BCUT2D eigenvalue weighted by Gasteiger charge is -2.13. The minimum absolute atomic E-state index is 0.116. The number of imide groups is 1. The van der Waals surface area contributed by atoms with Crippen LogP contribution in [0.4, 0.5) is 0 Å². The first-order valence-electron chi connectivity index (χ1n) is 8.12. The number of likely N-dealkylation sites (tertiary alicyclic amines) is 1. The molecule has 0 aromatic carbocycles. The van der Waals surface area contributed by atoms with Crippen LogP contribution < -0.4 is 0 Å². The number of carbonyl (C=O) groups is 2. The van der Waals surface area contributed by atoms with E-state index in [0.29, 0.717) is 78.8 Å². The Morgan fingerprint density at radius 3 is 1.62 bits per heavy atom. The smallest absolute Gasteiger partial charge is 0.229 e. The maximum Gasteiger partial charge on any atom is 0.229 e. The van der Waals surface area contributed by atoms with Gasteiger partial charge in [0.2, 0.25) is 11.8 Å². The van der Waals surface area contributed by atoms with Crippen LogP contribution in [-0.4, -0.2) is 82.7 Å². The lowest BCUT2D eigenvalue weighted by Crippen LogP contribution is -2.32. The van der Waals surface area contributed by atoms with Crippen molar-refractivity contribution in [2.75, 3.05) is 66.0 Å². The van der Waals surface area contributed by atoms with Crippen LogP contribution >= 0.6 is 0 Å². The zero-order valence-electron chi connectivity index (χ0n) is 14.1. The number of nitrogens with zero attached hydrogens (tertiary/aromatic N) is 1. The van der Waals surface area contributed by atoms with Gasteiger partial charge in [-0.25, -0.2) is 0 Å². The van der Waals surface area contributed by atoms with Crippen molar-refractivity contribution in [2.24, 2.45) is 0 Å². The predicted molar refractivity (Wildman–Crippen MR) is 85.4 cm³/mol. The van der Waals surface area contributed by atoms with Crippen LogP contribution in [0.3, 0.4) is 0 Å². The first kappa shape index (κ1) is 20.6. The van der Waals surface area contributed by atoms with Crippen molar-refractivity contribution >= 4 is 11.8 Å². The summed E-state index contributed by atoms with van der Waals surface area (Å²) in [6.45, 7) is 7.94. The van der Waals surface area contributed by atoms with Crippen molar-refractivity contribution < 1.29 is 33.3 Å². The Morgan fingerprint density at radius 2 is 1.17 bits per heavy atom. The van der Waals surface area contributed by atoms with Gasteiger partial charge in [-0.1, -0.05) is 6.58 Å². The number of hydrogen-bond acceptors (Lipinski definition) is 7. The van der Waals surface area contributed by atoms with E-state index >= 15 is 0 Å². The average Bonchev–Trinajstić information content (AvgIpc) is 2.90. The van der Waals surface area contributed by atoms with Gasteiger partial charge < -0.3 is 23.7 Å². The first-order valence-corrected chi connectivity index (χ1v) is 8.12. The van der Waals surface area contributed by atoms with E-state index in [-0.39, 0.29) is 11.8 Å². The molecule has 0 aromatic heterocycles. The Labute approximate surface area is 142 Å². The predicted octanol–water partition coefficient (Wildman–Crippen LogP) is 0.362. The second-order valence-corrected chi connectivity index (χ2v) is 4.93. The summed E-state index contributed by atoms with van der Waals surface area (Å²) in [5.74, 6) is -0.233. The molecule has 1 heterocycles. The SMILES string of the molecule is C=COCCOCCOCCOCCOCCN1C(=O)CCC1=O. The molecule has 0 aliphatic carbocycles. The van der Waals surface area contributed by atoms with Crippen molar-refractivity contribution in [3.8, 4) is 0 Å². The summed E-state index contributed by atoms with van der Waals surface area (Å²) in [4.78, 5) is 24.0. The molecule has 1 aliphatic rings. The molecule has 1 saturated heterocycles. The Kier molecular flexibility index (Phi) is 11.9. The minimum Gasteiger partial charge on any atom is -0.499 e. The molecule has 138 valence electrons. The monoisotopic (exact) mass is 345 g/mol. The van der Waals surface area contributed by atoms with Gasteiger partial charge in [0.05, 0.1) is 65.7 Å². The lowest BCUT2D eigenvalue weighted by atomic mass is 10.4. The fraction of sp³-hybridized carbons (Fsp3) is 0.750. The summed E-state index contributed by atoms with van der Waals surface area (Å²) in [7, 11) is 0. The summed E-state index contributed by atoms with van der Waals surface area (Å²) in [5, 5.41) is 0. The van der Waals surface area contributed by atoms with E-state index in [9.17, 15) is 9.59 Å². The van der Waals surface area contributed by atoms with E-state index in [2.05, 4.69) is 6.58 Å². The number of hydrogen-bond donors (Lipinski definition) is 0. The molecule has 0 unspecified atom stereocenters. The number of amides is 2. The molecule has 1 rings (SSSR count). The Hall–Kier alpha value is -1.48. The molecule has 0 atom stereocenters. The maximum atomic E-state index is 11.4. The molecule has 1 aliphatic heterocycles. The van der Waals surface area contributed by atoms with E-state index in [4.69, 9.17) is 23.7 Å². The third kappa shape index (κ3) is 9.61. The topological polar surface area (TPSA) is 83.5 Å². The van der Waals surface area contributed by atoms with E-state index in [1.165, 1.54) is 11.2 Å². The average molecular weight is 345 g/mol. The highest BCUT2D eigenvalue weighted by Crippen LogP contribution is 2.10. The van der Waals surface area contributed by atoms with Crippen LogP contribution in [0.1, 0.15) is 12.8 Å². The van der Waals surface area contributed by atoms with Gasteiger partial charge in [0.15, 0.2) is 0 Å². The third-order valence-electron chi connectivity index (χ3n) is 3.19. The Morgan fingerprint density at radius 1 is 0.750 bits per heavy atom. The molecular formula is C16H27NO7. The largest absolute Gasteiger partial charge is 0.499 e. The molecule has 8 heteroatoms. The minimum atomic E-state index is -0.116. The highest BCUT2D eigenvalue weighted by atomic mass is 16.6. The van der Waals surface area contributed by atoms with Gasteiger partial charge in [0, 0.05) is 12.8 Å². The van der Waals surface area contributed by atoms with E-state index < -0.39 is 0 Å². The van der Waals surface area contributed by atoms with Crippen molar-refractivity contribution in [2.45, 2.75) is 12.8 Å². The van der Waals surface area contributed by atoms with Crippen LogP contribution in [0.25, 0.3) is 0 Å². The van der Waals surface area contributed by atoms with Crippen LogP contribution in [0.5, 0.6) is 0 Å². The summed E-state index contributed by atoms with van der Waals surface area (Å²) in [6, 6.07) is 0. The Bertz CT molecular complexity index is 359. The van der Waals surface area contributed by atoms with E-state index in [1.807, 2.05) is 0 Å². The first-order chi connectivity index (χ1) is 11.8. The van der Waals surface area contributed by atoms with Crippen LogP contribution in [0, 0.1) is 0 Å². The molecule has 2 amide bonds. The maximum absolute atomic E-state index is 11.4. The third-order valence-corrected chi connectivity index (χ3v) is 3.19.